The van der Waals surface area contributed by atoms with Crippen LogP contribution >= 0.6 is 0 Å². The number of rotatable bonds is 10. The van der Waals surface area contributed by atoms with E-state index in [1.54, 1.807) is 22.3 Å². The lowest BCUT2D eigenvalue weighted by Crippen LogP contribution is -2.29. The van der Waals surface area contributed by atoms with Crippen LogP contribution in [0.15, 0.2) is 106 Å². The Morgan fingerprint density at radius 2 is 1.90 bits per heavy atom. The summed E-state index contributed by atoms with van der Waals surface area (Å²) in [6.45, 7) is 2.54. The third-order valence-corrected chi connectivity index (χ3v) is 10.1. The first kappa shape index (κ1) is 26.6. The van der Waals surface area contributed by atoms with E-state index in [4.69, 9.17) is 11.5 Å². The van der Waals surface area contributed by atoms with Gasteiger partial charge in [0.25, 0.3) is 0 Å². The van der Waals surface area contributed by atoms with Gasteiger partial charge in [-0.15, -0.1) is 0 Å². The molecule has 206 valence electrons. The summed E-state index contributed by atoms with van der Waals surface area (Å²) < 4.78 is 0. The molecule has 3 nitrogen and oxygen atoms in total. The van der Waals surface area contributed by atoms with Crippen LogP contribution in [0, 0.1) is 23.7 Å². The van der Waals surface area contributed by atoms with Crippen molar-refractivity contribution in [3.63, 3.8) is 0 Å². The van der Waals surface area contributed by atoms with Crippen molar-refractivity contribution in [2.24, 2.45) is 35.1 Å². The zero-order valence-corrected chi connectivity index (χ0v) is 23.6. The van der Waals surface area contributed by atoms with Gasteiger partial charge in [0.2, 0.25) is 0 Å². The molecule has 39 heavy (non-hydrogen) atoms. The van der Waals surface area contributed by atoms with Crippen LogP contribution in [-0.4, -0.2) is 30.6 Å². The molecule has 4 N–H and O–H groups in total. The highest BCUT2D eigenvalue weighted by molar-refractivity contribution is 5.53. The number of fused-ring (bicyclic) bond motifs is 2. The van der Waals surface area contributed by atoms with Crippen molar-refractivity contribution in [2.45, 2.75) is 70.3 Å². The maximum absolute atomic E-state index is 6.33. The van der Waals surface area contributed by atoms with Gasteiger partial charge in [0.05, 0.1) is 6.04 Å². The Morgan fingerprint density at radius 1 is 0.974 bits per heavy atom. The van der Waals surface area contributed by atoms with Crippen molar-refractivity contribution in [1.29, 1.82) is 0 Å². The van der Waals surface area contributed by atoms with Crippen LogP contribution in [0.2, 0.25) is 0 Å². The van der Waals surface area contributed by atoms with Crippen LogP contribution in [0.5, 0.6) is 0 Å². The summed E-state index contributed by atoms with van der Waals surface area (Å²) in [6.07, 6.45) is 40.4. The molecule has 0 aromatic carbocycles. The van der Waals surface area contributed by atoms with E-state index in [9.17, 15) is 0 Å². The zero-order valence-electron chi connectivity index (χ0n) is 23.6. The van der Waals surface area contributed by atoms with Crippen LogP contribution in [-0.2, 0) is 0 Å². The minimum absolute atomic E-state index is 0.583. The number of hydrogen-bond donors (Lipinski definition) is 2. The van der Waals surface area contributed by atoms with Gasteiger partial charge in [0.15, 0.2) is 0 Å². The average Bonchev–Trinajstić information content (AvgIpc) is 3.63. The third-order valence-electron chi connectivity index (χ3n) is 10.1. The van der Waals surface area contributed by atoms with Gasteiger partial charge in [0, 0.05) is 25.8 Å². The molecule has 0 saturated carbocycles. The SMILES string of the molecule is NC/C=C\CC/C=C/C=C(\CN)C1CCC(C2=CCC(C3C=CC(C4=CN5CC45)=CC3)CC2)=C2C=CCCC21. The first-order valence-corrected chi connectivity index (χ1v) is 15.6. The van der Waals surface area contributed by atoms with E-state index in [1.807, 2.05) is 6.08 Å². The molecule has 0 aromatic heterocycles. The zero-order chi connectivity index (χ0) is 26.6. The minimum atomic E-state index is 0.583. The largest absolute Gasteiger partial charge is 0.366 e. The van der Waals surface area contributed by atoms with E-state index in [-0.39, 0.29) is 0 Å². The molecule has 1 fully saturated rings. The van der Waals surface area contributed by atoms with Gasteiger partial charge in [0.1, 0.15) is 0 Å². The standard InChI is InChI=1S/C36H47N3/c37-22-8-4-2-1-3-5-9-30(23-38)32-21-20-31(33-10-6-7-11-34(32)33)28-16-12-26(13-17-28)27-14-18-29(19-15-27)35-24-39-25-36(35)39/h3-6,8-10,14,16,18-19,24,26-27,32,34,36H,1-2,7,11-13,15,17,20-23,25,37-38H2/b5-3+,8-4-,30-9+. The fourth-order valence-corrected chi connectivity index (χ4v) is 7.72. The van der Waals surface area contributed by atoms with E-state index in [0.717, 1.165) is 24.8 Å². The molecule has 5 unspecified atom stereocenters. The maximum atomic E-state index is 6.33. The lowest BCUT2D eigenvalue weighted by Gasteiger charge is -2.39. The van der Waals surface area contributed by atoms with Crippen LogP contribution < -0.4 is 11.5 Å². The van der Waals surface area contributed by atoms with E-state index in [1.165, 1.54) is 69.1 Å². The Morgan fingerprint density at radius 3 is 2.62 bits per heavy atom. The second-order valence-electron chi connectivity index (χ2n) is 12.3. The van der Waals surface area contributed by atoms with E-state index in [2.05, 4.69) is 71.9 Å². The summed E-state index contributed by atoms with van der Waals surface area (Å²) in [5.41, 5.74) is 21.3. The van der Waals surface area contributed by atoms with Crippen molar-refractivity contribution >= 4 is 0 Å². The van der Waals surface area contributed by atoms with Gasteiger partial charge in [-0.05, 0) is 116 Å². The molecule has 0 aromatic rings. The van der Waals surface area contributed by atoms with Gasteiger partial charge in [-0.2, -0.15) is 0 Å². The van der Waals surface area contributed by atoms with Crippen LogP contribution in [0.25, 0.3) is 0 Å². The van der Waals surface area contributed by atoms with Crippen molar-refractivity contribution < 1.29 is 0 Å². The second-order valence-corrected chi connectivity index (χ2v) is 12.3. The van der Waals surface area contributed by atoms with Crippen molar-refractivity contribution in [3.05, 3.63) is 106 Å². The molecule has 2 heterocycles. The van der Waals surface area contributed by atoms with Crippen molar-refractivity contribution in [2.75, 3.05) is 19.6 Å². The molecule has 2 aliphatic heterocycles. The number of allylic oxidation sites excluding steroid dienone is 13. The summed E-state index contributed by atoms with van der Waals surface area (Å²) in [5.74, 6) is 2.71. The molecule has 0 spiro atoms. The van der Waals surface area contributed by atoms with Gasteiger partial charge < -0.3 is 16.4 Å². The predicted octanol–water partition coefficient (Wildman–Crippen LogP) is 7.21. The van der Waals surface area contributed by atoms with E-state index in [0.29, 0.717) is 30.8 Å². The highest BCUT2D eigenvalue weighted by Gasteiger charge is 2.44. The van der Waals surface area contributed by atoms with Crippen LogP contribution in [0.1, 0.15) is 64.2 Å². The summed E-state index contributed by atoms with van der Waals surface area (Å²) in [6, 6.07) is 0.752. The first-order chi connectivity index (χ1) is 19.3. The number of nitrogens with zero attached hydrogens (tertiary/aromatic N) is 1. The van der Waals surface area contributed by atoms with Gasteiger partial charge in [-0.25, -0.2) is 0 Å². The van der Waals surface area contributed by atoms with Crippen LogP contribution in [0.4, 0.5) is 0 Å². The molecule has 0 amide bonds. The second kappa shape index (κ2) is 12.3. The normalized spacial score (nSPS) is 32.2. The van der Waals surface area contributed by atoms with Crippen molar-refractivity contribution in [3.8, 4) is 0 Å². The molecule has 6 rings (SSSR count). The smallest absolute Gasteiger partial charge is 0.0733 e. The van der Waals surface area contributed by atoms with Crippen LogP contribution in [0.3, 0.4) is 0 Å². The fourth-order valence-electron chi connectivity index (χ4n) is 7.72. The van der Waals surface area contributed by atoms with Crippen molar-refractivity contribution in [1.82, 2.24) is 4.90 Å². The highest BCUT2D eigenvalue weighted by Crippen LogP contribution is 2.48. The molecule has 0 radical (unpaired) electrons. The quantitative estimate of drug-likeness (QED) is 0.138. The molecule has 0 bridgehead atoms. The molecule has 1 saturated heterocycles. The molecule has 3 heteroatoms. The summed E-state index contributed by atoms with van der Waals surface area (Å²) in [4.78, 5) is 2.42. The lowest BCUT2D eigenvalue weighted by atomic mass is 9.65. The molecular formula is C36H47N3. The average molecular weight is 522 g/mol. The minimum Gasteiger partial charge on any atom is -0.366 e. The van der Waals surface area contributed by atoms with E-state index >= 15 is 0 Å². The third kappa shape index (κ3) is 5.81. The number of hydrogen-bond acceptors (Lipinski definition) is 3. The fraction of sp³-hybridized carbons (Fsp3) is 0.500. The molecule has 4 aliphatic carbocycles. The Balaban J connectivity index is 1.10. The van der Waals surface area contributed by atoms with E-state index < -0.39 is 0 Å². The summed E-state index contributed by atoms with van der Waals surface area (Å²) in [7, 11) is 0. The van der Waals surface area contributed by atoms with Gasteiger partial charge in [-0.3, -0.25) is 0 Å². The Bertz CT molecular complexity index is 1200. The maximum Gasteiger partial charge on any atom is 0.0733 e. The summed E-state index contributed by atoms with van der Waals surface area (Å²) in [5, 5.41) is 0. The monoisotopic (exact) mass is 521 g/mol. The number of unbranched alkanes of at least 4 members (excludes halogenated alkanes) is 1. The predicted molar refractivity (Wildman–Crippen MR) is 165 cm³/mol. The van der Waals surface area contributed by atoms with Gasteiger partial charge in [-0.1, -0.05) is 72.4 Å². The summed E-state index contributed by atoms with van der Waals surface area (Å²) >= 11 is 0. The molecule has 6 aliphatic rings. The Kier molecular flexibility index (Phi) is 8.37. The Hall–Kier alpha value is -2.62. The molecular weight excluding hydrogens is 474 g/mol. The van der Waals surface area contributed by atoms with Gasteiger partial charge >= 0.3 is 0 Å². The first-order valence-electron chi connectivity index (χ1n) is 15.6. The highest BCUT2D eigenvalue weighted by atomic mass is 15.3. The number of nitrogens with two attached hydrogens (primary N) is 2. The molecule has 5 atom stereocenters. The topological polar surface area (TPSA) is 55.0 Å². The lowest BCUT2D eigenvalue weighted by molar-refractivity contribution is 0.346. The Labute approximate surface area is 236 Å².